The van der Waals surface area contributed by atoms with Crippen molar-refractivity contribution in [2.75, 3.05) is 24.5 Å². The molecule has 3 rings (SSSR count). The number of para-hydroxylation sites is 1. The lowest BCUT2D eigenvalue weighted by Crippen LogP contribution is -2.35. The van der Waals surface area contributed by atoms with Gasteiger partial charge >= 0.3 is 0 Å². The van der Waals surface area contributed by atoms with Gasteiger partial charge in [-0.2, -0.15) is 5.10 Å². The summed E-state index contributed by atoms with van der Waals surface area (Å²) in [4.78, 5) is 2.50. The largest absolute Gasteiger partial charge is 0.356 e. The van der Waals surface area contributed by atoms with Gasteiger partial charge in [0.25, 0.3) is 0 Å². The van der Waals surface area contributed by atoms with E-state index in [-0.39, 0.29) is 0 Å². The van der Waals surface area contributed by atoms with E-state index in [9.17, 15) is 0 Å². The zero-order valence-electron chi connectivity index (χ0n) is 13.6. The fraction of sp³-hybridized carbons (Fsp3) is 0.500. The van der Waals surface area contributed by atoms with Gasteiger partial charge in [0, 0.05) is 18.7 Å². The number of aromatic nitrogens is 2. The summed E-state index contributed by atoms with van der Waals surface area (Å²) >= 11 is 0. The zero-order chi connectivity index (χ0) is 15.5. The van der Waals surface area contributed by atoms with Crippen LogP contribution in [0.3, 0.4) is 0 Å². The summed E-state index contributed by atoms with van der Waals surface area (Å²) in [7, 11) is 0. The molecule has 0 amide bonds. The van der Waals surface area contributed by atoms with Gasteiger partial charge in [0.1, 0.15) is 5.82 Å². The summed E-state index contributed by atoms with van der Waals surface area (Å²) in [6.45, 7) is 7.32. The van der Waals surface area contributed by atoms with E-state index in [1.165, 1.54) is 24.2 Å². The standard InChI is InChI=1S/C18H26N4/c1-14-9-12-21(13-10-14)18-17(8-11-19)15(2)20-22(18)16-6-4-3-5-7-16/h3-7,14H,8-13,19H2,1-2H3. The fourth-order valence-electron chi connectivity index (χ4n) is 3.28. The second kappa shape index (κ2) is 6.53. The van der Waals surface area contributed by atoms with Gasteiger partial charge in [-0.15, -0.1) is 0 Å². The molecule has 0 saturated carbocycles. The molecule has 0 spiro atoms. The SMILES string of the molecule is Cc1nn(-c2ccccc2)c(N2CCC(C)CC2)c1CCN. The molecule has 1 aliphatic rings. The van der Waals surface area contributed by atoms with Crippen LogP contribution in [-0.2, 0) is 6.42 Å². The topological polar surface area (TPSA) is 47.1 Å². The van der Waals surface area contributed by atoms with Crippen LogP contribution in [0.1, 0.15) is 31.0 Å². The molecule has 2 aromatic rings. The maximum absolute atomic E-state index is 5.84. The van der Waals surface area contributed by atoms with Crippen molar-refractivity contribution >= 4 is 5.82 Å². The number of anilines is 1. The lowest BCUT2D eigenvalue weighted by atomic mass is 9.98. The third-order valence-corrected chi connectivity index (χ3v) is 4.64. The van der Waals surface area contributed by atoms with Crippen molar-refractivity contribution < 1.29 is 0 Å². The number of aryl methyl sites for hydroxylation is 1. The van der Waals surface area contributed by atoms with E-state index in [1.807, 2.05) is 6.07 Å². The molecule has 1 aliphatic heterocycles. The van der Waals surface area contributed by atoms with Crippen LogP contribution in [0, 0.1) is 12.8 Å². The Kier molecular flexibility index (Phi) is 4.48. The lowest BCUT2D eigenvalue weighted by molar-refractivity contribution is 0.434. The average Bonchev–Trinajstić information content (AvgIpc) is 2.87. The first-order valence-corrected chi connectivity index (χ1v) is 8.29. The van der Waals surface area contributed by atoms with Crippen molar-refractivity contribution in [2.45, 2.75) is 33.1 Å². The zero-order valence-corrected chi connectivity index (χ0v) is 13.6. The predicted molar refractivity (Wildman–Crippen MR) is 91.7 cm³/mol. The summed E-state index contributed by atoms with van der Waals surface area (Å²) in [6, 6.07) is 10.4. The smallest absolute Gasteiger partial charge is 0.135 e. The highest BCUT2D eigenvalue weighted by Crippen LogP contribution is 2.30. The van der Waals surface area contributed by atoms with Crippen LogP contribution in [-0.4, -0.2) is 29.4 Å². The molecule has 22 heavy (non-hydrogen) atoms. The van der Waals surface area contributed by atoms with Gasteiger partial charge < -0.3 is 10.6 Å². The second-order valence-corrected chi connectivity index (χ2v) is 6.34. The second-order valence-electron chi connectivity index (χ2n) is 6.34. The summed E-state index contributed by atoms with van der Waals surface area (Å²) < 4.78 is 2.11. The Balaban J connectivity index is 2.04. The molecule has 0 atom stereocenters. The number of nitrogens with two attached hydrogens (primary N) is 1. The van der Waals surface area contributed by atoms with Gasteiger partial charge in [-0.3, -0.25) is 0 Å². The number of hydrogen-bond donors (Lipinski definition) is 1. The molecule has 1 saturated heterocycles. The highest BCUT2D eigenvalue weighted by molar-refractivity contribution is 5.55. The molecule has 0 aliphatic carbocycles. The van der Waals surface area contributed by atoms with Gasteiger partial charge in [-0.25, -0.2) is 4.68 Å². The van der Waals surface area contributed by atoms with E-state index in [0.717, 1.165) is 36.8 Å². The van der Waals surface area contributed by atoms with E-state index >= 15 is 0 Å². The molecule has 0 radical (unpaired) electrons. The summed E-state index contributed by atoms with van der Waals surface area (Å²) in [5.74, 6) is 2.07. The Labute approximate surface area is 132 Å². The number of benzene rings is 1. The van der Waals surface area contributed by atoms with E-state index in [0.29, 0.717) is 6.54 Å². The number of piperidine rings is 1. The molecule has 0 bridgehead atoms. The van der Waals surface area contributed by atoms with Gasteiger partial charge in [0.2, 0.25) is 0 Å². The third kappa shape index (κ3) is 2.88. The Hall–Kier alpha value is -1.81. The molecular weight excluding hydrogens is 272 g/mol. The monoisotopic (exact) mass is 298 g/mol. The first kappa shape index (κ1) is 15.1. The van der Waals surface area contributed by atoms with Gasteiger partial charge in [-0.1, -0.05) is 25.1 Å². The van der Waals surface area contributed by atoms with Gasteiger partial charge in [0.05, 0.1) is 11.4 Å². The van der Waals surface area contributed by atoms with Gasteiger partial charge in [-0.05, 0) is 50.8 Å². The molecule has 4 nitrogen and oxygen atoms in total. The summed E-state index contributed by atoms with van der Waals surface area (Å²) in [5.41, 5.74) is 9.38. The quantitative estimate of drug-likeness (QED) is 0.944. The average molecular weight is 298 g/mol. The third-order valence-electron chi connectivity index (χ3n) is 4.64. The maximum atomic E-state index is 5.84. The molecule has 2 heterocycles. The van der Waals surface area contributed by atoms with Crippen molar-refractivity contribution in [3.63, 3.8) is 0 Å². The van der Waals surface area contributed by atoms with Crippen molar-refractivity contribution in [3.8, 4) is 5.69 Å². The molecular formula is C18H26N4. The van der Waals surface area contributed by atoms with Crippen LogP contribution in [0.4, 0.5) is 5.82 Å². The van der Waals surface area contributed by atoms with Crippen LogP contribution in [0.2, 0.25) is 0 Å². The fourth-order valence-corrected chi connectivity index (χ4v) is 3.28. The van der Waals surface area contributed by atoms with Crippen molar-refractivity contribution in [1.29, 1.82) is 0 Å². The summed E-state index contributed by atoms with van der Waals surface area (Å²) in [5, 5.41) is 4.81. The van der Waals surface area contributed by atoms with Crippen molar-refractivity contribution in [3.05, 3.63) is 41.6 Å². The molecule has 118 valence electrons. The van der Waals surface area contributed by atoms with E-state index in [4.69, 9.17) is 10.8 Å². The van der Waals surface area contributed by atoms with Crippen molar-refractivity contribution in [1.82, 2.24) is 9.78 Å². The van der Waals surface area contributed by atoms with Crippen LogP contribution >= 0.6 is 0 Å². The van der Waals surface area contributed by atoms with E-state index in [1.54, 1.807) is 0 Å². The number of hydrogen-bond acceptors (Lipinski definition) is 3. The molecule has 1 aromatic heterocycles. The normalized spacial score (nSPS) is 16.2. The Bertz CT molecular complexity index is 610. The molecule has 1 aromatic carbocycles. The number of nitrogens with zero attached hydrogens (tertiary/aromatic N) is 3. The van der Waals surface area contributed by atoms with E-state index < -0.39 is 0 Å². The first-order chi connectivity index (χ1) is 10.7. The molecule has 1 fully saturated rings. The molecule has 0 unspecified atom stereocenters. The Morgan fingerprint density at radius 1 is 1.18 bits per heavy atom. The molecule has 4 heteroatoms. The Morgan fingerprint density at radius 3 is 2.50 bits per heavy atom. The van der Waals surface area contributed by atoms with Crippen molar-refractivity contribution in [2.24, 2.45) is 11.7 Å². The summed E-state index contributed by atoms with van der Waals surface area (Å²) in [6.07, 6.45) is 3.39. The molecule has 2 N–H and O–H groups in total. The highest BCUT2D eigenvalue weighted by atomic mass is 15.4. The minimum absolute atomic E-state index is 0.665. The van der Waals surface area contributed by atoms with Crippen LogP contribution in [0.15, 0.2) is 30.3 Å². The number of rotatable bonds is 4. The maximum Gasteiger partial charge on any atom is 0.135 e. The lowest BCUT2D eigenvalue weighted by Gasteiger charge is -2.33. The predicted octanol–water partition coefficient (Wildman–Crippen LogP) is 2.92. The minimum atomic E-state index is 0.665. The van der Waals surface area contributed by atoms with Crippen LogP contribution < -0.4 is 10.6 Å². The minimum Gasteiger partial charge on any atom is -0.356 e. The van der Waals surface area contributed by atoms with E-state index in [2.05, 4.69) is 47.7 Å². The highest BCUT2D eigenvalue weighted by Gasteiger charge is 2.24. The van der Waals surface area contributed by atoms with Crippen LogP contribution in [0.5, 0.6) is 0 Å². The Morgan fingerprint density at radius 2 is 1.86 bits per heavy atom. The first-order valence-electron chi connectivity index (χ1n) is 8.29. The van der Waals surface area contributed by atoms with Crippen LogP contribution in [0.25, 0.3) is 5.69 Å². The van der Waals surface area contributed by atoms with Gasteiger partial charge in [0.15, 0.2) is 0 Å².